The second-order valence-corrected chi connectivity index (χ2v) is 5.16. The third-order valence-electron chi connectivity index (χ3n) is 3.71. The Kier molecular flexibility index (Phi) is 5.12. The molecule has 0 bridgehead atoms. The zero-order valence-electron chi connectivity index (χ0n) is 11.2. The molecule has 2 unspecified atom stereocenters. The summed E-state index contributed by atoms with van der Waals surface area (Å²) in [6, 6.07) is 0.107. The molecule has 0 saturated heterocycles. The molecule has 0 heterocycles. The standard InChI is InChI=1S/C13H23NO3/c1-9(14(3)4)10(2)17-13(16)12(15)11-7-5-6-8-11/h9-11H,5-8H2,1-4H3. The maximum atomic E-state index is 11.8. The van der Waals surface area contributed by atoms with Crippen LogP contribution in [0.15, 0.2) is 0 Å². The van der Waals surface area contributed by atoms with E-state index >= 15 is 0 Å². The van der Waals surface area contributed by atoms with Gasteiger partial charge < -0.3 is 9.64 Å². The van der Waals surface area contributed by atoms with E-state index in [-0.39, 0.29) is 23.8 Å². The molecule has 2 atom stereocenters. The molecule has 4 heteroatoms. The van der Waals surface area contributed by atoms with Gasteiger partial charge in [0, 0.05) is 12.0 Å². The molecule has 1 saturated carbocycles. The summed E-state index contributed by atoms with van der Waals surface area (Å²) in [5, 5.41) is 0. The van der Waals surface area contributed by atoms with Gasteiger partial charge in [-0.25, -0.2) is 4.79 Å². The fraction of sp³-hybridized carbons (Fsp3) is 0.846. The van der Waals surface area contributed by atoms with Crippen LogP contribution in [0.3, 0.4) is 0 Å². The van der Waals surface area contributed by atoms with Crippen LogP contribution in [0.25, 0.3) is 0 Å². The number of hydrogen-bond acceptors (Lipinski definition) is 4. The van der Waals surface area contributed by atoms with E-state index in [1.54, 1.807) is 0 Å². The number of carbonyl (C=O) groups is 2. The third kappa shape index (κ3) is 3.80. The van der Waals surface area contributed by atoms with E-state index in [9.17, 15) is 9.59 Å². The van der Waals surface area contributed by atoms with Crippen LogP contribution in [0.5, 0.6) is 0 Å². The SMILES string of the molecule is CC(OC(=O)C(=O)C1CCCC1)C(C)N(C)C. The number of rotatable bonds is 5. The molecule has 0 aromatic rings. The number of ketones is 1. The van der Waals surface area contributed by atoms with E-state index < -0.39 is 5.97 Å². The van der Waals surface area contributed by atoms with Gasteiger partial charge in [0.1, 0.15) is 6.10 Å². The summed E-state index contributed by atoms with van der Waals surface area (Å²) in [4.78, 5) is 25.4. The van der Waals surface area contributed by atoms with Gasteiger partial charge in [-0.3, -0.25) is 4.79 Å². The van der Waals surface area contributed by atoms with E-state index in [1.165, 1.54) is 0 Å². The lowest BCUT2D eigenvalue weighted by Gasteiger charge is -2.26. The van der Waals surface area contributed by atoms with Crippen LogP contribution in [0.1, 0.15) is 39.5 Å². The highest BCUT2D eigenvalue weighted by molar-refractivity contribution is 6.34. The Balaban J connectivity index is 2.45. The summed E-state index contributed by atoms with van der Waals surface area (Å²) in [5.74, 6) is -1.08. The molecule has 0 amide bonds. The summed E-state index contributed by atoms with van der Waals surface area (Å²) in [6.07, 6.45) is 3.51. The highest BCUT2D eigenvalue weighted by atomic mass is 16.5. The molecule has 0 aromatic heterocycles. The van der Waals surface area contributed by atoms with Gasteiger partial charge in [0.15, 0.2) is 0 Å². The summed E-state index contributed by atoms with van der Waals surface area (Å²) in [5.41, 5.74) is 0. The predicted molar refractivity (Wildman–Crippen MR) is 65.7 cm³/mol. The Hall–Kier alpha value is -0.900. The minimum atomic E-state index is -0.655. The van der Waals surface area contributed by atoms with Gasteiger partial charge in [-0.05, 0) is 40.8 Å². The lowest BCUT2D eigenvalue weighted by atomic mass is 10.0. The quantitative estimate of drug-likeness (QED) is 0.542. The monoisotopic (exact) mass is 241 g/mol. The fourth-order valence-corrected chi connectivity index (χ4v) is 2.10. The molecule has 1 aliphatic carbocycles. The maximum Gasteiger partial charge on any atom is 0.375 e. The van der Waals surface area contributed by atoms with Crippen LogP contribution in [0.4, 0.5) is 0 Å². The number of Topliss-reactive ketones (excluding diaryl/α,β-unsaturated/α-hetero) is 1. The summed E-state index contributed by atoms with van der Waals surface area (Å²) >= 11 is 0. The first-order valence-electron chi connectivity index (χ1n) is 6.34. The minimum absolute atomic E-state index is 0.0932. The summed E-state index contributed by atoms with van der Waals surface area (Å²) in [7, 11) is 3.85. The first-order chi connectivity index (χ1) is 7.93. The number of nitrogens with zero attached hydrogens (tertiary/aromatic N) is 1. The van der Waals surface area contributed by atoms with E-state index in [4.69, 9.17) is 4.74 Å². The van der Waals surface area contributed by atoms with Crippen LogP contribution < -0.4 is 0 Å². The average molecular weight is 241 g/mol. The Morgan fingerprint density at radius 2 is 1.71 bits per heavy atom. The molecule has 98 valence electrons. The molecule has 0 aromatic carbocycles. The van der Waals surface area contributed by atoms with Crippen molar-refractivity contribution < 1.29 is 14.3 Å². The number of ether oxygens (including phenoxy) is 1. The molecule has 1 fully saturated rings. The molecule has 0 radical (unpaired) electrons. The van der Waals surface area contributed by atoms with E-state index in [1.807, 2.05) is 32.8 Å². The average Bonchev–Trinajstić information content (AvgIpc) is 2.79. The number of carbonyl (C=O) groups excluding carboxylic acids is 2. The zero-order valence-corrected chi connectivity index (χ0v) is 11.2. The molecular weight excluding hydrogens is 218 g/mol. The first-order valence-corrected chi connectivity index (χ1v) is 6.34. The van der Waals surface area contributed by atoms with Gasteiger partial charge in [-0.1, -0.05) is 12.8 Å². The Labute approximate surface area is 103 Å². The van der Waals surface area contributed by atoms with Crippen molar-refractivity contribution in [2.45, 2.75) is 51.7 Å². The first kappa shape index (κ1) is 14.2. The summed E-state index contributed by atoms with van der Waals surface area (Å²) in [6.45, 7) is 3.79. The fourth-order valence-electron chi connectivity index (χ4n) is 2.10. The lowest BCUT2D eigenvalue weighted by Crippen LogP contribution is -2.39. The van der Waals surface area contributed by atoms with E-state index in [0.717, 1.165) is 25.7 Å². The topological polar surface area (TPSA) is 46.6 Å². The van der Waals surface area contributed by atoms with Gasteiger partial charge >= 0.3 is 5.97 Å². The van der Waals surface area contributed by atoms with Gasteiger partial charge in [0.2, 0.25) is 5.78 Å². The molecule has 17 heavy (non-hydrogen) atoms. The van der Waals surface area contributed by atoms with Crippen molar-refractivity contribution in [1.29, 1.82) is 0 Å². The van der Waals surface area contributed by atoms with Crippen molar-refractivity contribution in [3.05, 3.63) is 0 Å². The van der Waals surface area contributed by atoms with E-state index in [0.29, 0.717) is 0 Å². The van der Waals surface area contributed by atoms with Gasteiger partial charge in [-0.15, -0.1) is 0 Å². The van der Waals surface area contributed by atoms with Crippen molar-refractivity contribution in [3.8, 4) is 0 Å². The molecule has 1 rings (SSSR count). The lowest BCUT2D eigenvalue weighted by molar-refractivity contribution is -0.160. The van der Waals surface area contributed by atoms with Crippen LogP contribution in [0, 0.1) is 5.92 Å². The molecule has 0 aliphatic heterocycles. The van der Waals surface area contributed by atoms with Crippen molar-refractivity contribution in [1.82, 2.24) is 4.90 Å². The van der Waals surface area contributed by atoms with Gasteiger partial charge in [0.05, 0.1) is 0 Å². The number of esters is 1. The van der Waals surface area contributed by atoms with Crippen molar-refractivity contribution in [2.75, 3.05) is 14.1 Å². The maximum absolute atomic E-state index is 11.8. The normalized spacial score (nSPS) is 20.3. The molecule has 0 N–H and O–H groups in total. The zero-order chi connectivity index (χ0) is 13.0. The summed E-state index contributed by atoms with van der Waals surface area (Å²) < 4.78 is 5.22. The van der Waals surface area contributed by atoms with Crippen LogP contribution in [-0.2, 0) is 14.3 Å². The number of likely N-dealkylation sites (N-methyl/N-ethyl adjacent to an activating group) is 1. The highest BCUT2D eigenvalue weighted by Crippen LogP contribution is 2.26. The largest absolute Gasteiger partial charge is 0.455 e. The van der Waals surface area contributed by atoms with E-state index in [2.05, 4.69) is 0 Å². The molecular formula is C13H23NO3. The minimum Gasteiger partial charge on any atom is -0.455 e. The van der Waals surface area contributed by atoms with Crippen molar-refractivity contribution >= 4 is 11.8 Å². The van der Waals surface area contributed by atoms with Crippen LogP contribution in [-0.4, -0.2) is 42.9 Å². The smallest absolute Gasteiger partial charge is 0.375 e. The van der Waals surface area contributed by atoms with Gasteiger partial charge in [-0.2, -0.15) is 0 Å². The van der Waals surface area contributed by atoms with Crippen molar-refractivity contribution in [2.24, 2.45) is 5.92 Å². The second kappa shape index (κ2) is 6.15. The van der Waals surface area contributed by atoms with Gasteiger partial charge in [0.25, 0.3) is 0 Å². The van der Waals surface area contributed by atoms with Crippen LogP contribution >= 0.6 is 0 Å². The molecule has 1 aliphatic rings. The Morgan fingerprint density at radius 3 is 2.18 bits per heavy atom. The molecule has 0 spiro atoms. The van der Waals surface area contributed by atoms with Crippen LogP contribution in [0.2, 0.25) is 0 Å². The van der Waals surface area contributed by atoms with Crippen molar-refractivity contribution in [3.63, 3.8) is 0 Å². The Bertz CT molecular complexity index is 282. The second-order valence-electron chi connectivity index (χ2n) is 5.16. The Morgan fingerprint density at radius 1 is 1.18 bits per heavy atom. The third-order valence-corrected chi connectivity index (χ3v) is 3.71. The number of hydrogen-bond donors (Lipinski definition) is 0. The predicted octanol–water partition coefficient (Wildman–Crippen LogP) is 1.63. The highest BCUT2D eigenvalue weighted by Gasteiger charge is 2.31. The molecule has 4 nitrogen and oxygen atoms in total.